The van der Waals surface area contributed by atoms with Gasteiger partial charge in [-0.1, -0.05) is 0 Å². The van der Waals surface area contributed by atoms with Crippen molar-refractivity contribution in [3.8, 4) is 0 Å². The molecule has 0 aliphatic rings. The van der Waals surface area contributed by atoms with E-state index in [1.807, 2.05) is 31.8 Å². The Balaban J connectivity index is 2.88. The van der Waals surface area contributed by atoms with Crippen LogP contribution >= 0.6 is 0 Å². The molecule has 0 fully saturated rings. The summed E-state index contributed by atoms with van der Waals surface area (Å²) >= 11 is 0. The number of aromatic nitrogens is 3. The third kappa shape index (κ3) is 0.978. The zero-order chi connectivity index (χ0) is 8.72. The first-order valence-corrected chi connectivity index (χ1v) is 3.94. The highest BCUT2D eigenvalue weighted by Crippen LogP contribution is 2.14. The summed E-state index contributed by atoms with van der Waals surface area (Å²) in [6.07, 6.45) is 2.01. The molecule has 2 aromatic rings. The van der Waals surface area contributed by atoms with E-state index >= 15 is 0 Å². The highest BCUT2D eigenvalue weighted by atomic mass is 15.2. The lowest BCUT2D eigenvalue weighted by atomic mass is 10.2. The van der Waals surface area contributed by atoms with Crippen LogP contribution in [0.4, 0.5) is 0 Å². The fourth-order valence-corrected chi connectivity index (χ4v) is 1.47. The van der Waals surface area contributed by atoms with Crippen LogP contribution in [-0.2, 0) is 7.05 Å². The van der Waals surface area contributed by atoms with Gasteiger partial charge in [0.1, 0.15) is 5.52 Å². The lowest BCUT2D eigenvalue weighted by Gasteiger charge is -1.94. The first kappa shape index (κ1) is 7.28. The molecule has 2 aromatic heterocycles. The molecule has 0 amide bonds. The summed E-state index contributed by atoms with van der Waals surface area (Å²) in [4.78, 5) is 4.34. The van der Waals surface area contributed by atoms with Crippen LogP contribution in [0, 0.1) is 13.8 Å². The first-order chi connectivity index (χ1) is 5.66. The maximum absolute atomic E-state index is 4.34. The van der Waals surface area contributed by atoms with Crippen LogP contribution in [0.5, 0.6) is 0 Å². The van der Waals surface area contributed by atoms with Crippen molar-refractivity contribution < 1.29 is 0 Å². The van der Waals surface area contributed by atoms with E-state index in [0.29, 0.717) is 0 Å². The van der Waals surface area contributed by atoms with Crippen molar-refractivity contribution in [1.29, 1.82) is 0 Å². The smallest absolute Gasteiger partial charge is 0.113 e. The van der Waals surface area contributed by atoms with Crippen molar-refractivity contribution in [2.24, 2.45) is 7.05 Å². The van der Waals surface area contributed by atoms with E-state index in [1.165, 1.54) is 5.39 Å². The SMILES string of the molecule is Cc1cc2cn(C)nc2c(C)n1. The van der Waals surface area contributed by atoms with Crippen LogP contribution in [0.1, 0.15) is 11.4 Å². The second kappa shape index (κ2) is 2.30. The van der Waals surface area contributed by atoms with Crippen LogP contribution < -0.4 is 0 Å². The largest absolute Gasteiger partial charge is 0.275 e. The summed E-state index contributed by atoms with van der Waals surface area (Å²) in [6, 6.07) is 2.05. The van der Waals surface area contributed by atoms with Gasteiger partial charge in [-0.3, -0.25) is 9.67 Å². The molecular weight excluding hydrogens is 150 g/mol. The van der Waals surface area contributed by atoms with Crippen molar-refractivity contribution >= 4 is 10.9 Å². The second-order valence-electron chi connectivity index (χ2n) is 3.09. The second-order valence-corrected chi connectivity index (χ2v) is 3.09. The molecule has 0 saturated carbocycles. The number of nitrogens with zero attached hydrogens (tertiary/aromatic N) is 3. The van der Waals surface area contributed by atoms with Gasteiger partial charge in [0.25, 0.3) is 0 Å². The average molecular weight is 161 g/mol. The third-order valence-electron chi connectivity index (χ3n) is 1.91. The minimum atomic E-state index is 1.00. The molecule has 0 aliphatic heterocycles. The predicted molar refractivity (Wildman–Crippen MR) is 48.0 cm³/mol. The molecule has 2 heterocycles. The Kier molecular flexibility index (Phi) is 1.40. The fraction of sp³-hybridized carbons (Fsp3) is 0.333. The lowest BCUT2D eigenvalue weighted by Crippen LogP contribution is -1.88. The van der Waals surface area contributed by atoms with E-state index in [0.717, 1.165) is 16.9 Å². The van der Waals surface area contributed by atoms with Gasteiger partial charge < -0.3 is 0 Å². The van der Waals surface area contributed by atoms with Gasteiger partial charge in [0.05, 0.1) is 5.69 Å². The summed E-state index contributed by atoms with van der Waals surface area (Å²) in [7, 11) is 1.93. The molecule has 0 radical (unpaired) electrons. The van der Waals surface area contributed by atoms with Gasteiger partial charge >= 0.3 is 0 Å². The van der Waals surface area contributed by atoms with Gasteiger partial charge in [0.15, 0.2) is 0 Å². The maximum atomic E-state index is 4.34. The number of hydrogen-bond acceptors (Lipinski definition) is 2. The van der Waals surface area contributed by atoms with E-state index in [9.17, 15) is 0 Å². The highest BCUT2D eigenvalue weighted by molar-refractivity contribution is 5.80. The number of aryl methyl sites for hydroxylation is 3. The van der Waals surface area contributed by atoms with Crippen LogP contribution in [0.2, 0.25) is 0 Å². The molecule has 3 heteroatoms. The Morgan fingerprint density at radius 3 is 2.83 bits per heavy atom. The molecule has 0 aliphatic carbocycles. The predicted octanol–water partition coefficient (Wildman–Crippen LogP) is 1.59. The number of hydrogen-bond donors (Lipinski definition) is 0. The number of fused-ring (bicyclic) bond motifs is 1. The topological polar surface area (TPSA) is 30.7 Å². The summed E-state index contributed by atoms with van der Waals surface area (Å²) in [6.45, 7) is 3.99. The van der Waals surface area contributed by atoms with Crippen LogP contribution in [0.3, 0.4) is 0 Å². The van der Waals surface area contributed by atoms with Gasteiger partial charge in [0.2, 0.25) is 0 Å². The van der Waals surface area contributed by atoms with E-state index in [-0.39, 0.29) is 0 Å². The molecule has 62 valence electrons. The van der Waals surface area contributed by atoms with Gasteiger partial charge in [0, 0.05) is 24.3 Å². The Hall–Kier alpha value is -1.38. The van der Waals surface area contributed by atoms with Crippen LogP contribution in [-0.4, -0.2) is 14.8 Å². The fourth-order valence-electron chi connectivity index (χ4n) is 1.47. The highest BCUT2D eigenvalue weighted by Gasteiger charge is 2.02. The summed E-state index contributed by atoms with van der Waals surface area (Å²) < 4.78 is 1.82. The Morgan fingerprint density at radius 1 is 1.33 bits per heavy atom. The maximum Gasteiger partial charge on any atom is 0.113 e. The molecule has 0 atom stereocenters. The Bertz CT molecular complexity index is 429. The summed E-state index contributed by atoms with van der Waals surface area (Å²) in [5.41, 5.74) is 3.06. The molecule has 3 nitrogen and oxygen atoms in total. The van der Waals surface area contributed by atoms with Crippen molar-refractivity contribution in [3.63, 3.8) is 0 Å². The van der Waals surface area contributed by atoms with Gasteiger partial charge in [-0.15, -0.1) is 0 Å². The monoisotopic (exact) mass is 161 g/mol. The van der Waals surface area contributed by atoms with E-state index in [4.69, 9.17) is 0 Å². The first-order valence-electron chi connectivity index (χ1n) is 3.94. The zero-order valence-corrected chi connectivity index (χ0v) is 7.50. The molecule has 2 rings (SSSR count). The minimum absolute atomic E-state index is 1.00. The minimum Gasteiger partial charge on any atom is -0.275 e. The molecular formula is C9H11N3. The Labute approximate surface area is 71.0 Å². The quantitative estimate of drug-likeness (QED) is 0.587. The van der Waals surface area contributed by atoms with E-state index in [2.05, 4.69) is 16.1 Å². The molecule has 12 heavy (non-hydrogen) atoms. The molecule has 0 N–H and O–H groups in total. The Morgan fingerprint density at radius 2 is 2.08 bits per heavy atom. The van der Waals surface area contributed by atoms with Crippen LogP contribution in [0.25, 0.3) is 10.9 Å². The van der Waals surface area contributed by atoms with Gasteiger partial charge in [-0.05, 0) is 19.9 Å². The van der Waals surface area contributed by atoms with Crippen molar-refractivity contribution in [1.82, 2.24) is 14.8 Å². The molecule has 0 aromatic carbocycles. The van der Waals surface area contributed by atoms with Gasteiger partial charge in [-0.2, -0.15) is 5.10 Å². The molecule has 0 saturated heterocycles. The number of rotatable bonds is 0. The molecule has 0 bridgehead atoms. The summed E-state index contributed by atoms with van der Waals surface area (Å²) in [5, 5.41) is 5.48. The molecule has 0 unspecified atom stereocenters. The molecule has 0 spiro atoms. The van der Waals surface area contributed by atoms with E-state index in [1.54, 1.807) is 0 Å². The standard InChI is InChI=1S/C9H11N3/c1-6-4-8-5-12(3)11-9(8)7(2)10-6/h4-5H,1-3H3. The zero-order valence-electron chi connectivity index (χ0n) is 7.50. The van der Waals surface area contributed by atoms with Crippen LogP contribution in [0.15, 0.2) is 12.3 Å². The third-order valence-corrected chi connectivity index (χ3v) is 1.91. The lowest BCUT2D eigenvalue weighted by molar-refractivity contribution is 0.778. The van der Waals surface area contributed by atoms with E-state index < -0.39 is 0 Å². The van der Waals surface area contributed by atoms with Gasteiger partial charge in [-0.25, -0.2) is 0 Å². The summed E-state index contributed by atoms with van der Waals surface area (Å²) in [5.74, 6) is 0. The van der Waals surface area contributed by atoms with Crippen molar-refractivity contribution in [2.45, 2.75) is 13.8 Å². The average Bonchev–Trinajstić information content (AvgIpc) is 2.29. The van der Waals surface area contributed by atoms with Crippen molar-refractivity contribution in [3.05, 3.63) is 23.7 Å². The normalized spacial score (nSPS) is 10.9. The van der Waals surface area contributed by atoms with Crippen molar-refractivity contribution in [2.75, 3.05) is 0 Å². The number of pyridine rings is 1.